The van der Waals surface area contributed by atoms with Crippen LogP contribution in [0.4, 0.5) is 5.69 Å². The second-order valence-electron chi connectivity index (χ2n) is 6.89. The van der Waals surface area contributed by atoms with Crippen molar-refractivity contribution in [2.75, 3.05) is 31.1 Å². The monoisotopic (exact) mass is 342 g/mol. The van der Waals surface area contributed by atoms with Crippen LogP contribution < -0.4 is 10.2 Å². The molecular weight excluding hydrogens is 320 g/mol. The summed E-state index contributed by atoms with van der Waals surface area (Å²) < 4.78 is 0. The molecule has 1 aromatic heterocycles. The van der Waals surface area contributed by atoms with Crippen molar-refractivity contribution in [3.63, 3.8) is 0 Å². The molecule has 2 aromatic rings. The number of aliphatic hydroxyl groups is 1. The van der Waals surface area contributed by atoms with Crippen LogP contribution in [-0.4, -0.2) is 58.4 Å². The highest BCUT2D eigenvalue weighted by molar-refractivity contribution is 5.85. The summed E-state index contributed by atoms with van der Waals surface area (Å²) in [6.07, 6.45) is 2.79. The van der Waals surface area contributed by atoms with E-state index in [1.807, 2.05) is 18.2 Å². The van der Waals surface area contributed by atoms with Gasteiger partial charge in [0.05, 0.1) is 23.2 Å². The van der Waals surface area contributed by atoms with E-state index in [0.717, 1.165) is 48.2 Å². The van der Waals surface area contributed by atoms with E-state index in [9.17, 15) is 15.0 Å². The second-order valence-corrected chi connectivity index (χ2v) is 6.89. The van der Waals surface area contributed by atoms with Crippen LogP contribution in [0.5, 0.6) is 0 Å². The van der Waals surface area contributed by atoms with E-state index in [-0.39, 0.29) is 12.0 Å². The third-order valence-electron chi connectivity index (χ3n) is 5.33. The van der Waals surface area contributed by atoms with Crippen molar-refractivity contribution in [1.29, 1.82) is 0 Å². The zero-order chi connectivity index (χ0) is 17.4. The molecule has 1 aromatic carbocycles. The number of hydrogen-bond acceptors (Lipinski definition) is 6. The molecule has 2 saturated heterocycles. The SMILES string of the molecule is O=C(O)C1CNCCC1c1ncnc2cc(N3CCC(O)C3)ccc12. The van der Waals surface area contributed by atoms with Crippen molar-refractivity contribution in [3.05, 3.63) is 30.2 Å². The lowest BCUT2D eigenvalue weighted by atomic mass is 9.82. The molecule has 2 aliphatic rings. The first kappa shape index (κ1) is 16.2. The smallest absolute Gasteiger partial charge is 0.308 e. The number of nitrogens with zero attached hydrogens (tertiary/aromatic N) is 3. The Morgan fingerprint density at radius 3 is 2.92 bits per heavy atom. The molecule has 0 spiro atoms. The maximum absolute atomic E-state index is 11.6. The van der Waals surface area contributed by atoms with Gasteiger partial charge in [0.25, 0.3) is 0 Å². The minimum Gasteiger partial charge on any atom is -0.481 e. The Bertz CT molecular complexity index is 797. The number of carboxylic acids is 1. The summed E-state index contributed by atoms with van der Waals surface area (Å²) in [7, 11) is 0. The summed E-state index contributed by atoms with van der Waals surface area (Å²) in [5.74, 6) is -1.37. The van der Waals surface area contributed by atoms with Gasteiger partial charge in [0.1, 0.15) is 6.33 Å². The highest BCUT2D eigenvalue weighted by Gasteiger charge is 2.34. The lowest BCUT2D eigenvalue weighted by Crippen LogP contribution is -2.40. The van der Waals surface area contributed by atoms with Gasteiger partial charge < -0.3 is 20.4 Å². The zero-order valence-electron chi connectivity index (χ0n) is 13.9. The first-order chi connectivity index (χ1) is 12.1. The van der Waals surface area contributed by atoms with Gasteiger partial charge in [0.2, 0.25) is 0 Å². The first-order valence-electron chi connectivity index (χ1n) is 8.74. The van der Waals surface area contributed by atoms with Gasteiger partial charge >= 0.3 is 5.97 Å². The lowest BCUT2D eigenvalue weighted by molar-refractivity contribution is -0.143. The Labute approximate surface area is 145 Å². The average Bonchev–Trinajstić information content (AvgIpc) is 3.07. The topological polar surface area (TPSA) is 98.6 Å². The van der Waals surface area contributed by atoms with Crippen LogP contribution in [0.15, 0.2) is 24.5 Å². The molecule has 2 fully saturated rings. The van der Waals surface area contributed by atoms with Gasteiger partial charge in [-0.05, 0) is 37.6 Å². The van der Waals surface area contributed by atoms with Gasteiger partial charge in [0.15, 0.2) is 0 Å². The number of aliphatic carboxylic acids is 1. The standard InChI is InChI=1S/C18H22N4O3/c23-12-4-6-22(9-12)11-1-2-14-16(7-11)20-10-21-17(14)13-3-5-19-8-15(13)18(24)25/h1-2,7,10,12-13,15,19,23H,3-6,8-9H2,(H,24,25). The molecule has 2 aliphatic heterocycles. The molecule has 0 amide bonds. The van der Waals surface area contributed by atoms with E-state index >= 15 is 0 Å². The van der Waals surface area contributed by atoms with Gasteiger partial charge in [-0.1, -0.05) is 0 Å². The van der Waals surface area contributed by atoms with Crippen molar-refractivity contribution in [2.24, 2.45) is 5.92 Å². The molecule has 7 heteroatoms. The van der Waals surface area contributed by atoms with Gasteiger partial charge in [0, 0.05) is 36.6 Å². The zero-order valence-corrected chi connectivity index (χ0v) is 13.9. The van der Waals surface area contributed by atoms with Crippen molar-refractivity contribution in [2.45, 2.75) is 24.9 Å². The molecule has 132 valence electrons. The Morgan fingerprint density at radius 2 is 2.16 bits per heavy atom. The summed E-state index contributed by atoms with van der Waals surface area (Å²) >= 11 is 0. The summed E-state index contributed by atoms with van der Waals surface area (Å²) in [6.45, 7) is 2.73. The molecular formula is C18H22N4O3. The molecule has 3 N–H and O–H groups in total. The maximum Gasteiger partial charge on any atom is 0.308 e. The van der Waals surface area contributed by atoms with E-state index in [0.29, 0.717) is 13.1 Å². The minimum atomic E-state index is -0.786. The van der Waals surface area contributed by atoms with Crippen LogP contribution in [0.3, 0.4) is 0 Å². The Morgan fingerprint density at radius 1 is 1.28 bits per heavy atom. The fourth-order valence-corrected chi connectivity index (χ4v) is 3.98. The van der Waals surface area contributed by atoms with Crippen LogP contribution in [0.1, 0.15) is 24.5 Å². The van der Waals surface area contributed by atoms with Crippen LogP contribution >= 0.6 is 0 Å². The van der Waals surface area contributed by atoms with Crippen molar-refractivity contribution >= 4 is 22.6 Å². The van der Waals surface area contributed by atoms with Crippen molar-refractivity contribution in [3.8, 4) is 0 Å². The van der Waals surface area contributed by atoms with Crippen molar-refractivity contribution < 1.29 is 15.0 Å². The predicted octanol–water partition coefficient (Wildman–Crippen LogP) is 0.978. The quantitative estimate of drug-likeness (QED) is 0.765. The molecule has 3 atom stereocenters. The summed E-state index contributed by atoms with van der Waals surface area (Å²) in [6, 6.07) is 6.02. The molecule has 0 saturated carbocycles. The largest absolute Gasteiger partial charge is 0.481 e. The highest BCUT2D eigenvalue weighted by Crippen LogP contribution is 2.34. The van der Waals surface area contributed by atoms with Crippen LogP contribution in [0.25, 0.3) is 10.9 Å². The van der Waals surface area contributed by atoms with Gasteiger partial charge in [-0.2, -0.15) is 0 Å². The Hall–Kier alpha value is -2.25. The van der Waals surface area contributed by atoms with E-state index in [1.54, 1.807) is 0 Å². The lowest BCUT2D eigenvalue weighted by Gasteiger charge is -2.29. The number of aromatic nitrogens is 2. The number of carbonyl (C=O) groups is 1. The van der Waals surface area contributed by atoms with E-state index in [1.165, 1.54) is 6.33 Å². The molecule has 0 radical (unpaired) electrons. The molecule has 0 aliphatic carbocycles. The third kappa shape index (κ3) is 3.05. The summed E-state index contributed by atoms with van der Waals surface area (Å²) in [5, 5.41) is 23.4. The molecule has 3 heterocycles. The van der Waals surface area contributed by atoms with Gasteiger partial charge in [-0.25, -0.2) is 9.97 Å². The number of carboxylic acid groups (broad SMARTS) is 1. The minimum absolute atomic E-state index is 0.108. The number of aliphatic hydroxyl groups excluding tert-OH is 1. The van der Waals surface area contributed by atoms with Crippen LogP contribution in [0.2, 0.25) is 0 Å². The molecule has 7 nitrogen and oxygen atoms in total. The molecule has 25 heavy (non-hydrogen) atoms. The second kappa shape index (κ2) is 6.57. The first-order valence-corrected chi connectivity index (χ1v) is 8.74. The fourth-order valence-electron chi connectivity index (χ4n) is 3.98. The third-order valence-corrected chi connectivity index (χ3v) is 5.33. The van der Waals surface area contributed by atoms with E-state index in [4.69, 9.17) is 0 Å². The number of anilines is 1. The summed E-state index contributed by atoms with van der Waals surface area (Å²) in [4.78, 5) is 22.6. The Balaban J connectivity index is 1.71. The number of benzene rings is 1. The average molecular weight is 342 g/mol. The number of fused-ring (bicyclic) bond motifs is 1. The molecule has 4 rings (SSSR count). The van der Waals surface area contributed by atoms with Crippen LogP contribution in [0, 0.1) is 5.92 Å². The number of hydrogen-bond donors (Lipinski definition) is 3. The predicted molar refractivity (Wildman–Crippen MR) is 93.7 cm³/mol. The molecule has 0 bridgehead atoms. The highest BCUT2D eigenvalue weighted by atomic mass is 16.4. The normalized spacial score (nSPS) is 26.9. The maximum atomic E-state index is 11.6. The number of nitrogens with one attached hydrogen (secondary N) is 1. The van der Waals surface area contributed by atoms with Gasteiger partial charge in [-0.15, -0.1) is 0 Å². The number of rotatable bonds is 3. The number of β-amino-alcohol motifs (C(OH)–C–C–N with tert-alkyl or cyclic N) is 1. The van der Waals surface area contributed by atoms with Crippen molar-refractivity contribution in [1.82, 2.24) is 15.3 Å². The van der Waals surface area contributed by atoms with Gasteiger partial charge in [-0.3, -0.25) is 4.79 Å². The molecule has 3 unspecified atom stereocenters. The van der Waals surface area contributed by atoms with E-state index in [2.05, 4.69) is 20.2 Å². The Kier molecular flexibility index (Phi) is 4.27. The fraction of sp³-hybridized carbons (Fsp3) is 0.500. The number of piperidine rings is 1. The summed E-state index contributed by atoms with van der Waals surface area (Å²) in [5.41, 5.74) is 2.69. The van der Waals surface area contributed by atoms with E-state index < -0.39 is 11.9 Å². The van der Waals surface area contributed by atoms with Crippen LogP contribution in [-0.2, 0) is 4.79 Å².